The summed E-state index contributed by atoms with van der Waals surface area (Å²) in [6.45, 7) is 0. The summed E-state index contributed by atoms with van der Waals surface area (Å²) >= 11 is 3.35. The molecule has 1 saturated heterocycles. The number of aromatic nitrogens is 1. The zero-order valence-corrected chi connectivity index (χ0v) is 23.5. The number of thioether (sulfide) groups is 2. The summed E-state index contributed by atoms with van der Waals surface area (Å²) in [5, 5.41) is 20.5. The van der Waals surface area contributed by atoms with E-state index in [1.54, 1.807) is 0 Å². The van der Waals surface area contributed by atoms with Gasteiger partial charge in [-0.05, 0) is 5.41 Å². The number of hydrogen-bond donors (Lipinski definition) is 2. The predicted molar refractivity (Wildman–Crippen MR) is 124 cm³/mol. The minimum atomic E-state index is -3.21. The first-order valence-corrected chi connectivity index (χ1v) is 13.9. The fraction of sp³-hybridized carbons (Fsp3) is 0.353. The molecule has 2 aliphatic heterocycles. The van der Waals surface area contributed by atoms with E-state index in [-0.39, 0.29) is 63.3 Å². The molecule has 0 aliphatic carbocycles. The number of nitrogens with two attached hydrogens (primary N) is 1. The van der Waals surface area contributed by atoms with E-state index in [9.17, 15) is 27.9 Å². The Kier molecular flexibility index (Phi) is 10.1. The monoisotopic (exact) mass is 555 g/mol. The van der Waals surface area contributed by atoms with Crippen molar-refractivity contribution in [3.8, 4) is 0 Å². The number of amides is 2. The molecule has 1 aromatic heterocycles. The largest absolute Gasteiger partial charge is 1.00 e. The Bertz CT molecular complexity index is 1180. The molecule has 178 valence electrons. The van der Waals surface area contributed by atoms with Gasteiger partial charge in [0.1, 0.15) is 24.2 Å². The standard InChI is InChI=1S/C17H19N5O7S4.Na/c1-29-21-10(8-6-32-17(18)19-8)13(23)20-11-14(24)22-12(16(25)26)9(7-31-15(11)22)30-4-3-5-33(2,27)28;/h3-4,6,11,15H,5,7H2,1-2H3,(H2,18,19)(H,20,23)(H,25,26);/q;+1/p-1/b4-3-,21-10-;/t11?,15-;/m1./s1. The van der Waals surface area contributed by atoms with Gasteiger partial charge in [0.15, 0.2) is 20.7 Å². The molecule has 0 bridgehead atoms. The van der Waals surface area contributed by atoms with Gasteiger partial charge in [0.2, 0.25) is 0 Å². The van der Waals surface area contributed by atoms with Gasteiger partial charge in [0.05, 0.1) is 17.4 Å². The van der Waals surface area contributed by atoms with E-state index >= 15 is 0 Å². The van der Waals surface area contributed by atoms with Crippen molar-refractivity contribution in [3.63, 3.8) is 0 Å². The van der Waals surface area contributed by atoms with Crippen LogP contribution in [-0.4, -0.2) is 78.1 Å². The van der Waals surface area contributed by atoms with Crippen LogP contribution in [0.4, 0.5) is 5.13 Å². The molecule has 34 heavy (non-hydrogen) atoms. The number of nitrogen functional groups attached to an aromatic ring is 1. The molecule has 12 nitrogen and oxygen atoms in total. The average Bonchev–Trinajstić information content (AvgIpc) is 3.17. The van der Waals surface area contributed by atoms with Gasteiger partial charge in [0, 0.05) is 22.3 Å². The average molecular weight is 556 g/mol. The Morgan fingerprint density at radius 1 is 1.50 bits per heavy atom. The molecule has 1 aromatic rings. The van der Waals surface area contributed by atoms with Crippen molar-refractivity contribution < 1.29 is 62.3 Å². The van der Waals surface area contributed by atoms with Gasteiger partial charge in [-0.2, -0.15) is 0 Å². The summed E-state index contributed by atoms with van der Waals surface area (Å²) < 4.78 is 22.4. The Labute approximate surface area is 229 Å². The van der Waals surface area contributed by atoms with Crippen molar-refractivity contribution in [2.45, 2.75) is 11.4 Å². The van der Waals surface area contributed by atoms with Crippen LogP contribution in [0.15, 0.2) is 32.6 Å². The second kappa shape index (κ2) is 11.9. The van der Waals surface area contributed by atoms with Gasteiger partial charge in [-0.25, -0.2) is 13.4 Å². The maximum atomic E-state index is 12.7. The Morgan fingerprint density at radius 2 is 2.21 bits per heavy atom. The van der Waals surface area contributed by atoms with Crippen LogP contribution >= 0.6 is 34.9 Å². The first kappa shape index (κ1) is 28.7. The third-order valence-corrected chi connectivity index (χ3v) is 8.17. The number of anilines is 1. The molecule has 2 amide bonds. The summed E-state index contributed by atoms with van der Waals surface area (Å²) in [6.07, 6.45) is 2.47. The number of nitrogens with one attached hydrogen (secondary N) is 1. The summed E-state index contributed by atoms with van der Waals surface area (Å²) in [6, 6.07) is -0.998. The van der Waals surface area contributed by atoms with Gasteiger partial charge >= 0.3 is 29.6 Å². The number of rotatable bonds is 9. The van der Waals surface area contributed by atoms with Gasteiger partial charge in [-0.3, -0.25) is 14.5 Å². The number of β-lactam (4-membered cyclic amide) rings is 1. The molecule has 2 aliphatic rings. The molecule has 3 N–H and O–H groups in total. The molecule has 17 heteroatoms. The number of carboxylic acids is 1. The van der Waals surface area contributed by atoms with E-state index in [1.807, 2.05) is 0 Å². The SMILES string of the molecule is CO/N=C(\C(=O)NC1C(=O)N2C(C(=O)[O-])=C(S/C=C\CS(C)(=O)=O)CS[C@H]12)c1csc(N)n1.[Na+]. The minimum absolute atomic E-state index is 0. The van der Waals surface area contributed by atoms with E-state index in [0.29, 0.717) is 4.91 Å². The molecule has 0 spiro atoms. The number of carboxylic acid groups (broad SMARTS) is 1. The Morgan fingerprint density at radius 3 is 2.76 bits per heavy atom. The summed E-state index contributed by atoms with van der Waals surface area (Å²) in [5.74, 6) is -2.89. The summed E-state index contributed by atoms with van der Waals surface area (Å²) in [5.41, 5.74) is 5.28. The van der Waals surface area contributed by atoms with Crippen LogP contribution in [0.2, 0.25) is 0 Å². The van der Waals surface area contributed by atoms with Crippen molar-refractivity contribution in [1.82, 2.24) is 15.2 Å². The molecular weight excluding hydrogens is 537 g/mol. The van der Waals surface area contributed by atoms with Crippen LogP contribution < -0.4 is 45.7 Å². The number of thiazole rings is 1. The number of hydrogen-bond acceptors (Lipinski definition) is 13. The number of carbonyl (C=O) groups is 3. The van der Waals surface area contributed by atoms with E-state index in [2.05, 4.69) is 15.5 Å². The van der Waals surface area contributed by atoms with E-state index in [4.69, 9.17) is 10.6 Å². The Balaban J connectivity index is 0.00000408. The third kappa shape index (κ3) is 6.56. The zero-order valence-electron chi connectivity index (χ0n) is 18.2. The predicted octanol–water partition coefficient (Wildman–Crippen LogP) is -4.27. The molecule has 0 radical (unpaired) electrons. The summed E-state index contributed by atoms with van der Waals surface area (Å²) in [4.78, 5) is 47.3. The van der Waals surface area contributed by atoms with Crippen LogP contribution in [0.25, 0.3) is 0 Å². The topological polar surface area (TPSA) is 184 Å². The number of nitrogens with zero attached hydrogens (tertiary/aromatic N) is 3. The van der Waals surface area contributed by atoms with Gasteiger partial charge in [0.25, 0.3) is 11.8 Å². The molecule has 0 aromatic carbocycles. The van der Waals surface area contributed by atoms with E-state index in [1.165, 1.54) is 35.7 Å². The fourth-order valence-electron chi connectivity index (χ4n) is 2.92. The van der Waals surface area contributed by atoms with Crippen molar-refractivity contribution in [2.24, 2.45) is 5.16 Å². The molecule has 1 fully saturated rings. The molecule has 1 unspecified atom stereocenters. The quantitative estimate of drug-likeness (QED) is 0.130. The summed E-state index contributed by atoms with van der Waals surface area (Å²) in [7, 11) is -1.96. The number of sulfone groups is 1. The van der Waals surface area contributed by atoms with Crippen molar-refractivity contribution in [1.29, 1.82) is 0 Å². The molecule has 0 saturated carbocycles. The van der Waals surface area contributed by atoms with Crippen molar-refractivity contribution >= 4 is 73.3 Å². The van der Waals surface area contributed by atoms with E-state index < -0.39 is 39.0 Å². The second-order valence-electron chi connectivity index (χ2n) is 6.70. The molecule has 2 atom stereocenters. The minimum Gasteiger partial charge on any atom is -0.543 e. The second-order valence-corrected chi connectivity index (χ2v) is 11.9. The van der Waals surface area contributed by atoms with Crippen LogP contribution in [0, 0.1) is 0 Å². The van der Waals surface area contributed by atoms with Crippen molar-refractivity contribution in [2.75, 3.05) is 30.6 Å². The maximum absolute atomic E-state index is 12.7. The Hall–Kier alpha value is -1.56. The van der Waals surface area contributed by atoms with Crippen molar-refractivity contribution in [3.05, 3.63) is 33.2 Å². The fourth-order valence-corrected chi connectivity index (χ4v) is 6.35. The maximum Gasteiger partial charge on any atom is 1.00 e. The molecular formula is C17H18N5NaO7S4. The molecule has 3 rings (SSSR count). The first-order valence-electron chi connectivity index (χ1n) is 9.05. The number of fused-ring (bicyclic) bond motifs is 1. The molecule has 3 heterocycles. The number of carbonyl (C=O) groups excluding carboxylic acids is 3. The van der Waals surface area contributed by atoms with Crippen LogP contribution in [0.5, 0.6) is 0 Å². The van der Waals surface area contributed by atoms with Crippen LogP contribution in [0.3, 0.4) is 0 Å². The first-order chi connectivity index (χ1) is 15.5. The number of oxime groups is 1. The van der Waals surface area contributed by atoms with Gasteiger partial charge in [-0.15, -0.1) is 23.1 Å². The van der Waals surface area contributed by atoms with Crippen LogP contribution in [0.1, 0.15) is 5.69 Å². The van der Waals surface area contributed by atoms with Crippen LogP contribution in [-0.2, 0) is 29.1 Å². The van der Waals surface area contributed by atoms with Gasteiger partial charge < -0.3 is 25.8 Å². The van der Waals surface area contributed by atoms with E-state index in [0.717, 1.165) is 34.3 Å². The smallest absolute Gasteiger partial charge is 0.543 e. The number of aliphatic carboxylic acids is 1. The normalized spacial score (nSPS) is 20.5. The zero-order chi connectivity index (χ0) is 24.3. The third-order valence-electron chi connectivity index (χ3n) is 4.28. The van der Waals surface area contributed by atoms with Gasteiger partial charge in [-0.1, -0.05) is 23.0 Å².